The Balaban J connectivity index is 1.51. The van der Waals surface area contributed by atoms with Gasteiger partial charge in [0.2, 0.25) is 5.91 Å². The maximum atomic E-state index is 11.2. The maximum Gasteiger partial charge on any atom is 0.243 e. The summed E-state index contributed by atoms with van der Waals surface area (Å²) in [5.74, 6) is 1.85. The number of pyridine rings is 1. The van der Waals surface area contributed by atoms with E-state index < -0.39 is 0 Å². The van der Waals surface area contributed by atoms with E-state index in [9.17, 15) is 4.79 Å². The van der Waals surface area contributed by atoms with Gasteiger partial charge in [0.1, 0.15) is 17.3 Å². The lowest BCUT2D eigenvalue weighted by Gasteiger charge is -2.22. The van der Waals surface area contributed by atoms with Gasteiger partial charge < -0.3 is 10.2 Å². The van der Waals surface area contributed by atoms with Crippen LogP contribution in [0.4, 0.5) is 11.6 Å². The largest absolute Gasteiger partial charge is 0.370 e. The molecule has 0 saturated heterocycles. The highest BCUT2D eigenvalue weighted by molar-refractivity contribution is 5.74. The molecule has 0 fully saturated rings. The van der Waals surface area contributed by atoms with Crippen molar-refractivity contribution in [1.82, 2.24) is 20.4 Å². The minimum Gasteiger partial charge on any atom is -0.370 e. The van der Waals surface area contributed by atoms with Crippen molar-refractivity contribution in [3.63, 3.8) is 0 Å². The fourth-order valence-electron chi connectivity index (χ4n) is 3.88. The Labute approximate surface area is 187 Å². The normalized spacial score (nSPS) is 13.2. The second kappa shape index (κ2) is 10.7. The van der Waals surface area contributed by atoms with E-state index in [2.05, 4.69) is 44.5 Å². The Morgan fingerprint density at radius 3 is 2.44 bits per heavy atom. The van der Waals surface area contributed by atoms with Crippen LogP contribution in [0.15, 0.2) is 54.7 Å². The highest BCUT2D eigenvalue weighted by Crippen LogP contribution is 2.24. The third-order valence-corrected chi connectivity index (χ3v) is 5.61. The Hall–Kier alpha value is -3.52. The molecule has 1 amide bonds. The molecule has 1 aliphatic rings. The van der Waals surface area contributed by atoms with E-state index in [1.807, 2.05) is 24.3 Å². The number of benzene rings is 1. The van der Waals surface area contributed by atoms with Crippen molar-refractivity contribution in [2.45, 2.75) is 32.1 Å². The number of hydrogen-bond acceptors (Lipinski definition) is 7. The summed E-state index contributed by atoms with van der Waals surface area (Å²) in [5.41, 5.74) is 5.20. The molecule has 0 atom stereocenters. The molecule has 3 heterocycles. The average Bonchev–Trinajstić information content (AvgIpc) is 3.07. The first kappa shape index (κ1) is 21.7. The van der Waals surface area contributed by atoms with E-state index in [0.717, 1.165) is 49.7 Å². The Bertz CT molecular complexity index is 1020. The summed E-state index contributed by atoms with van der Waals surface area (Å²) >= 11 is 0. The summed E-state index contributed by atoms with van der Waals surface area (Å²) < 4.78 is 0. The molecule has 0 unspecified atom stereocenters. The number of amides is 1. The second-order valence-electron chi connectivity index (χ2n) is 7.82. The third kappa shape index (κ3) is 5.59. The van der Waals surface area contributed by atoms with Crippen LogP contribution >= 0.6 is 0 Å². The molecular weight excluding hydrogens is 404 g/mol. The van der Waals surface area contributed by atoms with Gasteiger partial charge >= 0.3 is 0 Å². The number of unbranched alkanes of at least 4 members (excludes halogenated alkanes) is 1. The van der Waals surface area contributed by atoms with Crippen molar-refractivity contribution in [1.29, 1.82) is 0 Å². The van der Waals surface area contributed by atoms with Gasteiger partial charge in [0.05, 0.1) is 0 Å². The van der Waals surface area contributed by atoms with Crippen LogP contribution in [0.1, 0.15) is 30.4 Å². The fraction of sp³-hybridized carbons (Fsp3) is 0.333. The lowest BCUT2D eigenvalue weighted by atomic mass is 10.0. The van der Waals surface area contributed by atoms with Crippen LogP contribution in [-0.4, -0.2) is 45.7 Å². The van der Waals surface area contributed by atoms with Crippen LogP contribution in [0, 0.1) is 0 Å². The molecule has 0 bridgehead atoms. The SMILES string of the molecule is O=C(CCCCNc1cc(N2CCc3ccccc3CC2)nc(-c2ccccn2)n1)NO. The van der Waals surface area contributed by atoms with Crippen LogP contribution < -0.4 is 15.7 Å². The molecule has 0 aliphatic carbocycles. The van der Waals surface area contributed by atoms with Gasteiger partial charge in [0.25, 0.3) is 0 Å². The van der Waals surface area contributed by atoms with E-state index in [-0.39, 0.29) is 5.91 Å². The number of aromatic nitrogens is 3. The lowest BCUT2D eigenvalue weighted by molar-refractivity contribution is -0.129. The zero-order chi connectivity index (χ0) is 22.2. The number of rotatable bonds is 8. The Kier molecular flexibility index (Phi) is 7.24. The van der Waals surface area contributed by atoms with Gasteiger partial charge in [0, 0.05) is 38.3 Å². The minimum absolute atomic E-state index is 0.292. The number of fused-ring (bicyclic) bond motifs is 1. The van der Waals surface area contributed by atoms with E-state index in [1.54, 1.807) is 11.7 Å². The van der Waals surface area contributed by atoms with E-state index in [4.69, 9.17) is 10.2 Å². The molecule has 166 valence electrons. The number of hydrogen-bond donors (Lipinski definition) is 3. The summed E-state index contributed by atoms with van der Waals surface area (Å²) in [6.45, 7) is 2.46. The van der Waals surface area contributed by atoms with E-state index in [1.165, 1.54) is 11.1 Å². The van der Waals surface area contributed by atoms with Crippen molar-refractivity contribution in [2.75, 3.05) is 29.9 Å². The van der Waals surface area contributed by atoms with Crippen molar-refractivity contribution in [2.24, 2.45) is 0 Å². The molecule has 0 spiro atoms. The lowest BCUT2D eigenvalue weighted by Crippen LogP contribution is -2.27. The molecule has 8 heteroatoms. The van der Waals surface area contributed by atoms with Gasteiger partial charge in [-0.3, -0.25) is 15.0 Å². The number of nitrogens with zero attached hydrogens (tertiary/aromatic N) is 4. The zero-order valence-electron chi connectivity index (χ0n) is 18.0. The Morgan fingerprint density at radius 2 is 1.75 bits per heavy atom. The molecule has 1 aliphatic heterocycles. The van der Waals surface area contributed by atoms with Crippen molar-refractivity contribution in [3.8, 4) is 11.5 Å². The number of anilines is 2. The first-order valence-electron chi connectivity index (χ1n) is 11.0. The summed E-state index contributed by atoms with van der Waals surface area (Å²) in [5, 5.41) is 12.0. The van der Waals surface area contributed by atoms with Crippen LogP contribution in [0.25, 0.3) is 11.5 Å². The number of carbonyl (C=O) groups excluding carboxylic acids is 1. The summed E-state index contributed by atoms with van der Waals surface area (Å²) in [6.07, 6.45) is 5.46. The van der Waals surface area contributed by atoms with Gasteiger partial charge in [0.15, 0.2) is 5.82 Å². The summed E-state index contributed by atoms with van der Waals surface area (Å²) in [7, 11) is 0. The van der Waals surface area contributed by atoms with Crippen molar-refractivity contribution < 1.29 is 10.0 Å². The highest BCUT2D eigenvalue weighted by atomic mass is 16.5. The number of hydroxylamine groups is 1. The molecule has 32 heavy (non-hydrogen) atoms. The molecule has 0 radical (unpaired) electrons. The fourth-order valence-corrected chi connectivity index (χ4v) is 3.88. The predicted octanol–water partition coefficient (Wildman–Crippen LogP) is 3.23. The monoisotopic (exact) mass is 432 g/mol. The summed E-state index contributed by atoms with van der Waals surface area (Å²) in [6, 6.07) is 16.3. The van der Waals surface area contributed by atoms with Gasteiger partial charge in [-0.2, -0.15) is 0 Å². The highest BCUT2D eigenvalue weighted by Gasteiger charge is 2.17. The molecule has 3 N–H and O–H groups in total. The third-order valence-electron chi connectivity index (χ3n) is 5.61. The standard InChI is InChI=1S/C24H28N6O2/c31-23(29-32)10-4-6-14-26-21-17-22(28-24(27-21)20-9-3-5-13-25-20)30-15-11-18-7-1-2-8-19(18)12-16-30/h1-3,5,7-9,13,17,32H,4,6,10-12,14-16H2,(H,29,31)(H,26,27,28). The van der Waals surface area contributed by atoms with E-state index in [0.29, 0.717) is 25.2 Å². The van der Waals surface area contributed by atoms with Crippen molar-refractivity contribution in [3.05, 3.63) is 65.9 Å². The predicted molar refractivity (Wildman–Crippen MR) is 124 cm³/mol. The first-order chi connectivity index (χ1) is 15.7. The van der Waals surface area contributed by atoms with Gasteiger partial charge in [-0.15, -0.1) is 0 Å². The van der Waals surface area contributed by atoms with Gasteiger partial charge in [-0.1, -0.05) is 30.3 Å². The van der Waals surface area contributed by atoms with Crippen LogP contribution in [-0.2, 0) is 17.6 Å². The Morgan fingerprint density at radius 1 is 1.00 bits per heavy atom. The van der Waals surface area contributed by atoms with E-state index >= 15 is 0 Å². The minimum atomic E-state index is -0.367. The summed E-state index contributed by atoms with van der Waals surface area (Å²) in [4.78, 5) is 27.4. The molecular formula is C24H28N6O2. The number of carbonyl (C=O) groups is 1. The zero-order valence-corrected chi connectivity index (χ0v) is 18.0. The first-order valence-corrected chi connectivity index (χ1v) is 11.0. The second-order valence-corrected chi connectivity index (χ2v) is 7.82. The van der Waals surface area contributed by atoms with Gasteiger partial charge in [-0.25, -0.2) is 15.4 Å². The average molecular weight is 433 g/mol. The smallest absolute Gasteiger partial charge is 0.243 e. The molecule has 8 nitrogen and oxygen atoms in total. The number of nitrogens with one attached hydrogen (secondary N) is 2. The molecule has 2 aromatic heterocycles. The molecule has 3 aromatic rings. The van der Waals surface area contributed by atoms with Gasteiger partial charge in [-0.05, 0) is 48.9 Å². The molecule has 4 rings (SSSR count). The maximum absolute atomic E-state index is 11.2. The topological polar surface area (TPSA) is 103 Å². The quantitative estimate of drug-likeness (QED) is 0.285. The molecule has 1 aromatic carbocycles. The van der Waals surface area contributed by atoms with Crippen LogP contribution in [0.5, 0.6) is 0 Å². The van der Waals surface area contributed by atoms with Crippen LogP contribution in [0.2, 0.25) is 0 Å². The molecule has 0 saturated carbocycles. The van der Waals surface area contributed by atoms with Crippen LogP contribution in [0.3, 0.4) is 0 Å². The van der Waals surface area contributed by atoms with Crippen molar-refractivity contribution >= 4 is 17.5 Å².